The first-order chi connectivity index (χ1) is 14.0. The van der Waals surface area contributed by atoms with Crippen LogP contribution in [0.1, 0.15) is 36.6 Å². The highest BCUT2D eigenvalue weighted by atomic mass is 19.1. The Balaban J connectivity index is 1.38. The Labute approximate surface area is 166 Å². The molecule has 3 aromatic carbocycles. The topological polar surface area (TPSA) is 66.5 Å². The Morgan fingerprint density at radius 1 is 0.828 bits per heavy atom. The quantitative estimate of drug-likeness (QED) is 0.674. The minimum Gasteiger partial charge on any atom is -0.322 e. The summed E-state index contributed by atoms with van der Waals surface area (Å²) in [6.07, 6.45) is 0.493. The summed E-state index contributed by atoms with van der Waals surface area (Å²) in [6, 6.07) is 19.6. The molecule has 144 valence electrons. The molecule has 0 bridgehead atoms. The molecule has 4 rings (SSSR count). The number of amides is 3. The fraction of sp³-hybridized carbons (Fsp3) is 0.0870. The zero-order valence-electron chi connectivity index (χ0n) is 15.4. The molecular weight excluding hydrogens is 371 g/mol. The summed E-state index contributed by atoms with van der Waals surface area (Å²) >= 11 is 0. The molecule has 0 saturated carbocycles. The number of carbonyl (C=O) groups excluding carboxylic acids is 3. The monoisotopic (exact) mass is 388 g/mol. The van der Waals surface area contributed by atoms with Gasteiger partial charge in [0.25, 0.3) is 17.7 Å². The van der Waals surface area contributed by atoms with Crippen molar-refractivity contribution in [2.75, 3.05) is 11.9 Å². The number of hydrogen-bond acceptors (Lipinski definition) is 3. The van der Waals surface area contributed by atoms with E-state index in [0.717, 1.165) is 5.56 Å². The first-order valence-electron chi connectivity index (χ1n) is 9.14. The van der Waals surface area contributed by atoms with Gasteiger partial charge in [-0.1, -0.05) is 36.4 Å². The summed E-state index contributed by atoms with van der Waals surface area (Å²) in [7, 11) is 0. The van der Waals surface area contributed by atoms with Crippen LogP contribution in [0.15, 0.2) is 72.8 Å². The highest BCUT2D eigenvalue weighted by molar-refractivity contribution is 6.21. The third-order valence-electron chi connectivity index (χ3n) is 4.83. The highest BCUT2D eigenvalue weighted by Gasteiger charge is 2.34. The van der Waals surface area contributed by atoms with Gasteiger partial charge in [0.1, 0.15) is 5.82 Å². The van der Waals surface area contributed by atoms with Crippen molar-refractivity contribution in [1.82, 2.24) is 4.90 Å². The number of rotatable bonds is 5. The first kappa shape index (κ1) is 18.6. The number of fused-ring (bicyclic) bond motifs is 1. The van der Waals surface area contributed by atoms with E-state index < -0.39 is 11.7 Å². The predicted molar refractivity (Wildman–Crippen MR) is 106 cm³/mol. The van der Waals surface area contributed by atoms with Crippen LogP contribution in [0.5, 0.6) is 0 Å². The van der Waals surface area contributed by atoms with Gasteiger partial charge >= 0.3 is 0 Å². The van der Waals surface area contributed by atoms with E-state index in [1.807, 2.05) is 0 Å². The molecule has 0 fully saturated rings. The van der Waals surface area contributed by atoms with Crippen molar-refractivity contribution in [1.29, 1.82) is 0 Å². The summed E-state index contributed by atoms with van der Waals surface area (Å²) in [5, 5.41) is 2.65. The van der Waals surface area contributed by atoms with Gasteiger partial charge in [0.15, 0.2) is 0 Å². The Kier molecular flexibility index (Phi) is 4.91. The van der Waals surface area contributed by atoms with Gasteiger partial charge < -0.3 is 5.32 Å². The maximum Gasteiger partial charge on any atom is 0.261 e. The number of imide groups is 1. The van der Waals surface area contributed by atoms with Crippen LogP contribution in [-0.4, -0.2) is 29.2 Å². The van der Waals surface area contributed by atoms with Crippen LogP contribution in [-0.2, 0) is 6.42 Å². The zero-order chi connectivity index (χ0) is 20.4. The summed E-state index contributed by atoms with van der Waals surface area (Å²) in [5.74, 6) is -1.66. The average molecular weight is 388 g/mol. The number of benzene rings is 3. The fourth-order valence-corrected chi connectivity index (χ4v) is 3.28. The molecule has 1 heterocycles. The number of halogens is 1. The maximum absolute atomic E-state index is 13.7. The molecule has 6 heteroatoms. The molecule has 3 aromatic rings. The van der Waals surface area contributed by atoms with Gasteiger partial charge in [-0.15, -0.1) is 0 Å². The van der Waals surface area contributed by atoms with Gasteiger partial charge in [0.2, 0.25) is 0 Å². The summed E-state index contributed by atoms with van der Waals surface area (Å²) < 4.78 is 13.7. The number of nitrogens with zero attached hydrogens (tertiary/aromatic N) is 1. The normalized spacial score (nSPS) is 12.8. The second-order valence-corrected chi connectivity index (χ2v) is 6.69. The van der Waals surface area contributed by atoms with Gasteiger partial charge in [-0.25, -0.2) is 4.39 Å². The van der Waals surface area contributed by atoms with E-state index in [-0.39, 0.29) is 23.9 Å². The van der Waals surface area contributed by atoms with E-state index in [1.165, 1.54) is 23.1 Å². The maximum atomic E-state index is 13.7. The average Bonchev–Trinajstić information content (AvgIpc) is 2.98. The SMILES string of the molecule is O=C(Nc1ccc(CCN2C(=O)c3ccccc3C2=O)cc1)c1ccccc1F. The summed E-state index contributed by atoms with van der Waals surface area (Å²) in [6.45, 7) is 0.271. The molecule has 1 N–H and O–H groups in total. The van der Waals surface area contributed by atoms with Crippen molar-refractivity contribution in [2.24, 2.45) is 0 Å². The lowest BCUT2D eigenvalue weighted by molar-refractivity contribution is 0.0655. The van der Waals surface area contributed by atoms with Crippen molar-refractivity contribution in [3.63, 3.8) is 0 Å². The van der Waals surface area contributed by atoms with Crippen LogP contribution in [0.3, 0.4) is 0 Å². The number of nitrogens with one attached hydrogen (secondary N) is 1. The molecule has 0 atom stereocenters. The molecule has 0 saturated heterocycles. The molecule has 0 spiro atoms. The molecule has 0 unspecified atom stereocenters. The molecule has 0 aromatic heterocycles. The van der Waals surface area contributed by atoms with Crippen molar-refractivity contribution in [2.45, 2.75) is 6.42 Å². The standard InChI is InChI=1S/C23H17FN2O3/c24-20-8-4-3-7-19(20)21(27)25-16-11-9-15(10-12-16)13-14-26-22(28)17-5-1-2-6-18(17)23(26)29/h1-12H,13-14H2,(H,25,27). The number of hydrogen-bond donors (Lipinski definition) is 1. The van der Waals surface area contributed by atoms with Crippen LogP contribution < -0.4 is 5.32 Å². The predicted octanol–water partition coefficient (Wildman–Crippen LogP) is 3.92. The molecule has 29 heavy (non-hydrogen) atoms. The summed E-state index contributed by atoms with van der Waals surface area (Å²) in [4.78, 5) is 38.2. The summed E-state index contributed by atoms with van der Waals surface area (Å²) in [5.41, 5.74) is 2.28. The molecule has 0 aliphatic carbocycles. The van der Waals surface area contributed by atoms with E-state index in [1.54, 1.807) is 54.6 Å². The van der Waals surface area contributed by atoms with Crippen LogP contribution in [0.2, 0.25) is 0 Å². The largest absolute Gasteiger partial charge is 0.322 e. The Morgan fingerprint density at radius 2 is 1.41 bits per heavy atom. The highest BCUT2D eigenvalue weighted by Crippen LogP contribution is 2.23. The molecule has 3 amide bonds. The van der Waals surface area contributed by atoms with E-state index in [4.69, 9.17) is 0 Å². The lowest BCUT2D eigenvalue weighted by atomic mass is 10.1. The third-order valence-corrected chi connectivity index (χ3v) is 4.83. The minimum absolute atomic E-state index is 0.0257. The molecule has 1 aliphatic rings. The molecular formula is C23H17FN2O3. The van der Waals surface area contributed by atoms with Gasteiger partial charge in [-0.3, -0.25) is 19.3 Å². The Bertz CT molecular complexity index is 1070. The van der Waals surface area contributed by atoms with Crippen LogP contribution in [0, 0.1) is 5.82 Å². The van der Waals surface area contributed by atoms with Gasteiger partial charge in [-0.05, 0) is 48.4 Å². The van der Waals surface area contributed by atoms with E-state index in [9.17, 15) is 18.8 Å². The number of carbonyl (C=O) groups is 3. The first-order valence-corrected chi connectivity index (χ1v) is 9.14. The molecule has 1 aliphatic heterocycles. The van der Waals surface area contributed by atoms with Crippen LogP contribution >= 0.6 is 0 Å². The van der Waals surface area contributed by atoms with E-state index in [2.05, 4.69) is 5.32 Å². The zero-order valence-corrected chi connectivity index (χ0v) is 15.4. The smallest absolute Gasteiger partial charge is 0.261 e. The van der Waals surface area contributed by atoms with Gasteiger partial charge in [-0.2, -0.15) is 0 Å². The van der Waals surface area contributed by atoms with Crippen molar-refractivity contribution in [3.05, 3.63) is 101 Å². The fourth-order valence-electron chi connectivity index (χ4n) is 3.28. The lowest BCUT2D eigenvalue weighted by Gasteiger charge is -2.14. The second-order valence-electron chi connectivity index (χ2n) is 6.69. The molecule has 0 radical (unpaired) electrons. The number of anilines is 1. The van der Waals surface area contributed by atoms with E-state index >= 15 is 0 Å². The van der Waals surface area contributed by atoms with Gasteiger partial charge in [0, 0.05) is 12.2 Å². The second kappa shape index (κ2) is 7.67. The molecule has 5 nitrogen and oxygen atoms in total. The Hall–Kier alpha value is -3.80. The minimum atomic E-state index is -0.581. The van der Waals surface area contributed by atoms with E-state index in [0.29, 0.717) is 23.2 Å². The van der Waals surface area contributed by atoms with Crippen molar-refractivity contribution >= 4 is 23.4 Å². The van der Waals surface area contributed by atoms with Crippen LogP contribution in [0.4, 0.5) is 10.1 Å². The lowest BCUT2D eigenvalue weighted by Crippen LogP contribution is -2.31. The van der Waals surface area contributed by atoms with Crippen LogP contribution in [0.25, 0.3) is 0 Å². The van der Waals surface area contributed by atoms with Gasteiger partial charge in [0.05, 0.1) is 16.7 Å². The van der Waals surface area contributed by atoms with Crippen molar-refractivity contribution < 1.29 is 18.8 Å². The third kappa shape index (κ3) is 3.65. The van der Waals surface area contributed by atoms with Crippen molar-refractivity contribution in [3.8, 4) is 0 Å². The Morgan fingerprint density at radius 3 is 2.03 bits per heavy atom.